The molecule has 15 heavy (non-hydrogen) atoms. The summed E-state index contributed by atoms with van der Waals surface area (Å²) in [6, 6.07) is 1.56. The summed E-state index contributed by atoms with van der Waals surface area (Å²) in [5.41, 5.74) is 11.0. The van der Waals surface area contributed by atoms with Gasteiger partial charge in [0.1, 0.15) is 11.6 Å². The smallest absolute Gasteiger partial charge is 0.223 e. The molecule has 0 spiro atoms. The Labute approximate surface area is 86.4 Å². The molecule has 0 radical (unpaired) electrons. The van der Waals surface area contributed by atoms with Crippen molar-refractivity contribution in [2.24, 2.45) is 0 Å². The minimum Gasteiger partial charge on any atom is -0.389 e. The molecule has 82 valence electrons. The van der Waals surface area contributed by atoms with Gasteiger partial charge in [-0.1, -0.05) is 0 Å². The third-order valence-electron chi connectivity index (χ3n) is 2.33. The zero-order valence-corrected chi connectivity index (χ0v) is 8.04. The molecular weight excluding hydrogens is 198 g/mol. The maximum Gasteiger partial charge on any atom is 0.223 e. The van der Waals surface area contributed by atoms with Crippen LogP contribution in [0.25, 0.3) is 0 Å². The molecule has 2 unspecified atom stereocenters. The predicted molar refractivity (Wildman–Crippen MR) is 55.1 cm³/mol. The second-order valence-corrected chi connectivity index (χ2v) is 3.55. The number of aliphatic hydroxyl groups is 2. The largest absolute Gasteiger partial charge is 0.389 e. The van der Waals surface area contributed by atoms with Crippen molar-refractivity contribution in [3.63, 3.8) is 0 Å². The van der Waals surface area contributed by atoms with Gasteiger partial charge in [-0.25, -0.2) is 0 Å². The first kappa shape index (κ1) is 9.94. The summed E-state index contributed by atoms with van der Waals surface area (Å²) >= 11 is 0. The van der Waals surface area contributed by atoms with E-state index in [-0.39, 0.29) is 11.8 Å². The lowest BCUT2D eigenvalue weighted by atomic mass is 10.3. The minimum atomic E-state index is -0.762. The van der Waals surface area contributed by atoms with Crippen molar-refractivity contribution in [1.29, 1.82) is 0 Å². The summed E-state index contributed by atoms with van der Waals surface area (Å²) in [4.78, 5) is 9.42. The second kappa shape index (κ2) is 3.52. The molecule has 7 heteroatoms. The van der Waals surface area contributed by atoms with Gasteiger partial charge in [-0.05, 0) is 0 Å². The summed E-state index contributed by atoms with van der Waals surface area (Å²) in [6.07, 6.45) is -1.52. The third-order valence-corrected chi connectivity index (χ3v) is 2.33. The quantitative estimate of drug-likeness (QED) is 0.431. The summed E-state index contributed by atoms with van der Waals surface area (Å²) in [5, 5.41) is 18.7. The summed E-state index contributed by atoms with van der Waals surface area (Å²) in [5.74, 6) is 0.879. The highest BCUT2D eigenvalue weighted by Crippen LogP contribution is 2.20. The average molecular weight is 211 g/mol. The summed E-state index contributed by atoms with van der Waals surface area (Å²) in [6.45, 7) is 0.633. The van der Waals surface area contributed by atoms with Gasteiger partial charge in [0.25, 0.3) is 0 Å². The molecule has 2 heterocycles. The van der Waals surface area contributed by atoms with E-state index in [4.69, 9.17) is 11.5 Å². The van der Waals surface area contributed by atoms with Crippen LogP contribution in [0.3, 0.4) is 0 Å². The Balaban J connectivity index is 2.23. The molecule has 6 N–H and O–H groups in total. The van der Waals surface area contributed by atoms with Crippen LogP contribution in [0, 0.1) is 0 Å². The molecule has 1 fully saturated rings. The zero-order valence-electron chi connectivity index (χ0n) is 8.04. The highest BCUT2D eigenvalue weighted by Gasteiger charge is 2.30. The molecule has 2 rings (SSSR count). The molecule has 0 amide bonds. The lowest BCUT2D eigenvalue weighted by Gasteiger charge is -2.16. The van der Waals surface area contributed by atoms with Crippen LogP contribution >= 0.6 is 0 Å². The van der Waals surface area contributed by atoms with E-state index in [0.29, 0.717) is 18.9 Å². The van der Waals surface area contributed by atoms with Gasteiger partial charge in [-0.15, -0.1) is 0 Å². The average Bonchev–Trinajstić information content (AvgIpc) is 2.45. The number of nitrogen functional groups attached to an aromatic ring is 2. The van der Waals surface area contributed by atoms with E-state index >= 15 is 0 Å². The second-order valence-electron chi connectivity index (χ2n) is 3.55. The van der Waals surface area contributed by atoms with Gasteiger partial charge in [0.2, 0.25) is 5.95 Å². The van der Waals surface area contributed by atoms with Crippen molar-refractivity contribution >= 4 is 17.6 Å². The highest BCUT2D eigenvalue weighted by molar-refractivity contribution is 5.51. The maximum atomic E-state index is 9.37. The molecule has 1 aromatic heterocycles. The molecule has 0 bridgehead atoms. The summed E-state index contributed by atoms with van der Waals surface area (Å²) < 4.78 is 0. The van der Waals surface area contributed by atoms with Gasteiger partial charge in [-0.2, -0.15) is 9.97 Å². The molecule has 0 aromatic carbocycles. The van der Waals surface area contributed by atoms with Crippen molar-refractivity contribution in [2.75, 3.05) is 29.5 Å². The van der Waals surface area contributed by atoms with Crippen LogP contribution in [0.5, 0.6) is 0 Å². The van der Waals surface area contributed by atoms with E-state index in [1.165, 1.54) is 0 Å². The van der Waals surface area contributed by atoms with Crippen molar-refractivity contribution in [2.45, 2.75) is 12.2 Å². The van der Waals surface area contributed by atoms with Gasteiger partial charge in [-0.3, -0.25) is 0 Å². The molecule has 7 nitrogen and oxygen atoms in total. The lowest BCUT2D eigenvalue weighted by Crippen LogP contribution is -2.23. The number of aliphatic hydroxyl groups excluding tert-OH is 2. The number of hydrogen-bond donors (Lipinski definition) is 4. The molecular formula is C8H13N5O2. The fourth-order valence-electron chi connectivity index (χ4n) is 1.59. The van der Waals surface area contributed by atoms with Crippen LogP contribution < -0.4 is 16.4 Å². The van der Waals surface area contributed by atoms with Gasteiger partial charge < -0.3 is 26.6 Å². The van der Waals surface area contributed by atoms with E-state index in [9.17, 15) is 10.2 Å². The number of nitrogens with two attached hydrogens (primary N) is 2. The fraction of sp³-hybridized carbons (Fsp3) is 0.500. The van der Waals surface area contributed by atoms with E-state index in [1.807, 2.05) is 0 Å². The van der Waals surface area contributed by atoms with Crippen LogP contribution in [0.1, 0.15) is 0 Å². The zero-order chi connectivity index (χ0) is 11.0. The van der Waals surface area contributed by atoms with Crippen LogP contribution in [0.2, 0.25) is 0 Å². The third kappa shape index (κ3) is 1.92. The van der Waals surface area contributed by atoms with Gasteiger partial charge in [0.05, 0.1) is 12.2 Å². The number of anilines is 3. The highest BCUT2D eigenvalue weighted by atomic mass is 16.3. The van der Waals surface area contributed by atoms with E-state index in [0.717, 1.165) is 0 Å². The summed E-state index contributed by atoms with van der Waals surface area (Å²) in [7, 11) is 0. The molecule has 1 aliphatic heterocycles. The Morgan fingerprint density at radius 3 is 2.33 bits per heavy atom. The first-order chi connectivity index (χ1) is 7.06. The lowest BCUT2D eigenvalue weighted by molar-refractivity contribution is 0.0572. The number of nitrogens with zero attached hydrogens (tertiary/aromatic N) is 3. The number of β-amino-alcohol motifs (C(OH)–C–C–N with tert-alkyl or cyclic N) is 2. The Morgan fingerprint density at radius 2 is 1.80 bits per heavy atom. The molecule has 0 saturated carbocycles. The topological polar surface area (TPSA) is 122 Å². The van der Waals surface area contributed by atoms with Gasteiger partial charge in [0, 0.05) is 19.2 Å². The minimum absolute atomic E-state index is 0.0841. The van der Waals surface area contributed by atoms with E-state index < -0.39 is 12.2 Å². The van der Waals surface area contributed by atoms with Crippen LogP contribution in [-0.4, -0.2) is 45.5 Å². The van der Waals surface area contributed by atoms with Crippen LogP contribution in [0.15, 0.2) is 6.07 Å². The van der Waals surface area contributed by atoms with Crippen molar-refractivity contribution in [3.8, 4) is 0 Å². The molecule has 1 aromatic rings. The van der Waals surface area contributed by atoms with Crippen LogP contribution in [0.4, 0.5) is 17.6 Å². The number of hydrogen-bond acceptors (Lipinski definition) is 7. The number of rotatable bonds is 1. The normalized spacial score (nSPS) is 25.9. The molecule has 2 atom stereocenters. The first-order valence-electron chi connectivity index (χ1n) is 4.57. The van der Waals surface area contributed by atoms with Gasteiger partial charge in [0.15, 0.2) is 0 Å². The van der Waals surface area contributed by atoms with Crippen molar-refractivity contribution in [3.05, 3.63) is 6.07 Å². The van der Waals surface area contributed by atoms with E-state index in [2.05, 4.69) is 9.97 Å². The molecule has 0 aliphatic carbocycles. The number of aromatic nitrogens is 2. The Morgan fingerprint density at radius 1 is 1.20 bits per heavy atom. The standard InChI is InChI=1S/C8H13N5O2/c9-6-1-7(12-8(10)11-6)13-2-4(14)5(15)3-13/h1,4-5,14-15H,2-3H2,(H4,9,10,11,12). The predicted octanol–water partition coefficient (Wildman–Crippen LogP) is -1.82. The Kier molecular flexibility index (Phi) is 2.33. The van der Waals surface area contributed by atoms with Crippen molar-refractivity contribution in [1.82, 2.24) is 9.97 Å². The van der Waals surface area contributed by atoms with E-state index in [1.54, 1.807) is 11.0 Å². The maximum absolute atomic E-state index is 9.37. The SMILES string of the molecule is Nc1cc(N2CC(O)C(O)C2)nc(N)n1. The first-order valence-corrected chi connectivity index (χ1v) is 4.57. The van der Waals surface area contributed by atoms with Crippen LogP contribution in [-0.2, 0) is 0 Å². The molecule has 1 aliphatic rings. The Hall–Kier alpha value is -1.60. The van der Waals surface area contributed by atoms with Crippen molar-refractivity contribution < 1.29 is 10.2 Å². The van der Waals surface area contributed by atoms with Gasteiger partial charge >= 0.3 is 0 Å². The monoisotopic (exact) mass is 211 g/mol. The molecule has 1 saturated heterocycles. The Bertz CT molecular complexity index is 342. The fourth-order valence-corrected chi connectivity index (χ4v) is 1.59.